The third kappa shape index (κ3) is 6.87. The minimum atomic E-state index is -3.77. The zero-order chi connectivity index (χ0) is 27.3. The van der Waals surface area contributed by atoms with Crippen LogP contribution in [0.25, 0.3) is 0 Å². The average molecular weight is 561 g/mol. The molecule has 0 aliphatic carbocycles. The predicted molar refractivity (Wildman–Crippen MR) is 139 cm³/mol. The summed E-state index contributed by atoms with van der Waals surface area (Å²) in [4.78, 5) is 24.0. The molecule has 200 valence electrons. The molecule has 0 bridgehead atoms. The molecule has 2 N–H and O–H groups in total. The van der Waals surface area contributed by atoms with Gasteiger partial charge in [0.2, 0.25) is 10.0 Å². The number of carbonyl (C=O) groups is 1. The van der Waals surface area contributed by atoms with Crippen LogP contribution >= 0.6 is 11.6 Å². The number of aliphatic carboxylic acids is 1. The Morgan fingerprint density at radius 1 is 0.947 bits per heavy atom. The summed E-state index contributed by atoms with van der Waals surface area (Å²) >= 11 is 5.95. The Morgan fingerprint density at radius 3 is 2.18 bits per heavy atom. The summed E-state index contributed by atoms with van der Waals surface area (Å²) in [5.74, 6) is -0.305. The van der Waals surface area contributed by atoms with Gasteiger partial charge < -0.3 is 9.84 Å². The number of ether oxygens (including phenoxy) is 1. The molecule has 0 amide bonds. The molecule has 38 heavy (non-hydrogen) atoms. The number of halogens is 1. The normalized spacial score (nSPS) is 14.8. The maximum absolute atomic E-state index is 13.0. The van der Waals surface area contributed by atoms with Crippen molar-refractivity contribution in [2.75, 3.05) is 26.2 Å². The van der Waals surface area contributed by atoms with E-state index < -0.39 is 16.0 Å². The molecule has 0 atom stereocenters. The Balaban J connectivity index is 1.44. The first-order valence-electron chi connectivity index (χ1n) is 11.8. The summed E-state index contributed by atoms with van der Waals surface area (Å²) in [5.41, 5.74) is 2.34. The molecule has 4 rings (SSSR count). The van der Waals surface area contributed by atoms with E-state index in [1.165, 1.54) is 28.6 Å². The first kappa shape index (κ1) is 27.5. The van der Waals surface area contributed by atoms with Crippen molar-refractivity contribution in [1.29, 1.82) is 0 Å². The fourth-order valence-corrected chi connectivity index (χ4v) is 5.74. The number of hydrogen-bond donors (Lipinski definition) is 2. The van der Waals surface area contributed by atoms with Crippen LogP contribution < -0.4 is 4.74 Å². The van der Waals surface area contributed by atoms with Gasteiger partial charge in [0.1, 0.15) is 12.4 Å². The van der Waals surface area contributed by atoms with E-state index in [-0.39, 0.29) is 35.0 Å². The second-order valence-electron chi connectivity index (χ2n) is 8.87. The van der Waals surface area contributed by atoms with Crippen molar-refractivity contribution in [2.24, 2.45) is 0 Å². The third-order valence-electron chi connectivity index (χ3n) is 6.21. The van der Waals surface area contributed by atoms with Gasteiger partial charge >= 0.3 is 11.7 Å². The molecule has 0 aromatic heterocycles. The minimum Gasteiger partial charge on any atom is -0.489 e. The molecule has 10 nitrogen and oxygen atoms in total. The Bertz CT molecular complexity index is 1410. The van der Waals surface area contributed by atoms with Gasteiger partial charge in [0.15, 0.2) is 0 Å². The lowest BCUT2D eigenvalue weighted by Crippen LogP contribution is -2.48. The largest absolute Gasteiger partial charge is 0.489 e. The van der Waals surface area contributed by atoms with Crippen molar-refractivity contribution in [3.63, 3.8) is 0 Å². The van der Waals surface area contributed by atoms with Gasteiger partial charge in [0.25, 0.3) is 4.92 Å². The second-order valence-corrected chi connectivity index (χ2v) is 11.2. The number of piperazine rings is 1. The van der Waals surface area contributed by atoms with Crippen LogP contribution in [0.5, 0.6) is 5.75 Å². The Kier molecular flexibility index (Phi) is 8.62. The smallest absolute Gasteiger partial charge is 0.316 e. The van der Waals surface area contributed by atoms with Crippen molar-refractivity contribution >= 4 is 33.3 Å². The Labute approximate surface area is 225 Å². The van der Waals surface area contributed by atoms with Crippen molar-refractivity contribution in [3.8, 4) is 5.75 Å². The standard InChI is InChI=1S/C26H26ClN3O7S/c27-22-4-1-19(2-5-22)18-37-25-10-3-20(16-26(31)32)15-21(25)17-28-11-13-29(14-12-28)38(35,36)24-8-6-23(7-9-24)30(33)34/h1-10,15H,11-14,16-18H2,(H-,31,32,33,34)/p+1. The van der Waals surface area contributed by atoms with E-state index in [2.05, 4.69) is 4.90 Å². The summed E-state index contributed by atoms with van der Waals surface area (Å²) in [6, 6.07) is 17.7. The molecule has 0 radical (unpaired) electrons. The lowest BCUT2D eigenvalue weighted by Gasteiger charge is -2.34. The summed E-state index contributed by atoms with van der Waals surface area (Å²) < 4.78 is 33.5. The summed E-state index contributed by atoms with van der Waals surface area (Å²) in [7, 11) is -3.77. The second kappa shape index (κ2) is 11.9. The number of benzene rings is 3. The molecule has 0 spiro atoms. The molecule has 3 aromatic rings. The highest BCUT2D eigenvalue weighted by Gasteiger charge is 2.29. The quantitative estimate of drug-likeness (QED) is 0.358. The van der Waals surface area contributed by atoms with Crippen LogP contribution in [0.4, 0.5) is 5.69 Å². The van der Waals surface area contributed by atoms with Crippen LogP contribution in [-0.2, 0) is 34.4 Å². The van der Waals surface area contributed by atoms with Crippen LogP contribution in [-0.4, -0.2) is 65.0 Å². The highest BCUT2D eigenvalue weighted by Crippen LogP contribution is 2.26. The van der Waals surface area contributed by atoms with E-state index in [1.807, 2.05) is 18.2 Å². The SMILES string of the molecule is O=C(O)Cc1ccc(OCc2ccc(Cl)cc2)c(CN2CCN(S(=O)(=O)c3ccc([N+](=O)O)cc3)CC2)c1. The fourth-order valence-electron chi connectivity index (χ4n) is 4.19. The Hall–Kier alpha value is -3.51. The number of carboxylic acids is 1. The van der Waals surface area contributed by atoms with Gasteiger partial charge in [0.05, 0.1) is 16.2 Å². The Morgan fingerprint density at radius 2 is 1.58 bits per heavy atom. The van der Waals surface area contributed by atoms with Crippen LogP contribution in [0.15, 0.2) is 71.6 Å². The third-order valence-corrected chi connectivity index (χ3v) is 8.37. The monoisotopic (exact) mass is 560 g/mol. The van der Waals surface area contributed by atoms with Crippen LogP contribution in [0.2, 0.25) is 5.02 Å². The van der Waals surface area contributed by atoms with Gasteiger partial charge in [-0.1, -0.05) is 35.9 Å². The molecule has 3 aromatic carbocycles. The van der Waals surface area contributed by atoms with Gasteiger partial charge in [-0.2, -0.15) is 4.31 Å². The van der Waals surface area contributed by atoms with Gasteiger partial charge in [-0.15, -0.1) is 0 Å². The maximum Gasteiger partial charge on any atom is 0.316 e. The van der Waals surface area contributed by atoms with Gasteiger partial charge in [-0.25, -0.2) is 13.6 Å². The lowest BCUT2D eigenvalue weighted by atomic mass is 10.1. The van der Waals surface area contributed by atoms with Crippen molar-refractivity contribution < 1.29 is 33.2 Å². The molecular formula is C26H27ClN3O7S+. The molecular weight excluding hydrogens is 534 g/mol. The van der Waals surface area contributed by atoms with Crippen LogP contribution in [0.3, 0.4) is 0 Å². The van der Waals surface area contributed by atoms with Gasteiger partial charge in [0, 0.05) is 55.4 Å². The average Bonchev–Trinajstić information content (AvgIpc) is 2.89. The highest BCUT2D eigenvalue weighted by atomic mass is 35.5. The zero-order valence-corrected chi connectivity index (χ0v) is 21.9. The van der Waals surface area contributed by atoms with Crippen molar-refractivity contribution in [1.82, 2.24) is 9.21 Å². The van der Waals surface area contributed by atoms with E-state index in [1.54, 1.807) is 24.3 Å². The minimum absolute atomic E-state index is 0.0378. The topological polar surface area (TPSA) is 127 Å². The predicted octanol–water partition coefficient (Wildman–Crippen LogP) is 3.85. The first-order chi connectivity index (χ1) is 18.1. The molecule has 12 heteroatoms. The van der Waals surface area contributed by atoms with Gasteiger partial charge in [-0.3, -0.25) is 9.69 Å². The number of rotatable bonds is 10. The van der Waals surface area contributed by atoms with E-state index in [9.17, 15) is 23.2 Å². The molecule has 0 saturated carbocycles. The number of sulfonamides is 1. The lowest BCUT2D eigenvalue weighted by molar-refractivity contribution is -0.729. The maximum atomic E-state index is 13.0. The summed E-state index contributed by atoms with van der Waals surface area (Å²) in [6.45, 7) is 2.21. The highest BCUT2D eigenvalue weighted by molar-refractivity contribution is 7.89. The number of nitrogens with zero attached hydrogens (tertiary/aromatic N) is 3. The number of carboxylic acid groups (broad SMARTS) is 1. The van der Waals surface area contributed by atoms with E-state index in [4.69, 9.17) is 21.5 Å². The molecule has 1 aliphatic heterocycles. The zero-order valence-electron chi connectivity index (χ0n) is 20.4. The molecule has 1 fully saturated rings. The number of hydrogen-bond acceptors (Lipinski definition) is 6. The van der Waals surface area contributed by atoms with Gasteiger partial charge in [-0.05, 0) is 41.5 Å². The molecule has 1 saturated heterocycles. The summed E-state index contributed by atoms with van der Waals surface area (Å²) in [5, 5.41) is 18.8. The van der Waals surface area contributed by atoms with Crippen molar-refractivity contribution in [2.45, 2.75) is 24.5 Å². The van der Waals surface area contributed by atoms with Crippen LogP contribution in [0, 0.1) is 4.91 Å². The van der Waals surface area contributed by atoms with E-state index in [0.29, 0.717) is 42.6 Å². The van der Waals surface area contributed by atoms with Crippen LogP contribution in [0.1, 0.15) is 16.7 Å². The molecule has 1 aliphatic rings. The van der Waals surface area contributed by atoms with E-state index in [0.717, 1.165) is 11.1 Å². The summed E-state index contributed by atoms with van der Waals surface area (Å²) in [6.07, 6.45) is -0.115. The molecule has 1 heterocycles. The van der Waals surface area contributed by atoms with E-state index >= 15 is 0 Å². The first-order valence-corrected chi connectivity index (χ1v) is 13.6. The van der Waals surface area contributed by atoms with Crippen molar-refractivity contribution in [3.05, 3.63) is 93.4 Å². The molecule has 0 unspecified atom stereocenters. The fraction of sp³-hybridized carbons (Fsp3) is 0.269.